The number of aliphatic imine (C=N–C) groups is 1. The molecule has 132 valence electrons. The van der Waals surface area contributed by atoms with E-state index in [1.807, 2.05) is 29.7 Å². The van der Waals surface area contributed by atoms with Crippen LogP contribution in [0.5, 0.6) is 0 Å². The molecule has 5 heterocycles. The molecular formula is C18H16N4O3S. The molecule has 0 aromatic carbocycles. The Kier molecular flexibility index (Phi) is 3.43. The molecule has 26 heavy (non-hydrogen) atoms. The molecule has 4 aliphatic heterocycles. The van der Waals surface area contributed by atoms with Crippen molar-refractivity contribution in [3.63, 3.8) is 0 Å². The SMILES string of the molecule is O=C(O)N1CC2CC(c3nnco3)(C2)C1C1=CN=C2SC=CC=C2C=C1. The molecule has 1 N–H and O–H groups in total. The Hall–Kier alpha value is -2.61. The summed E-state index contributed by atoms with van der Waals surface area (Å²) < 4.78 is 5.53. The maximum atomic E-state index is 12.0. The zero-order chi connectivity index (χ0) is 17.7. The molecule has 1 saturated carbocycles. The summed E-state index contributed by atoms with van der Waals surface area (Å²) >= 11 is 1.56. The maximum Gasteiger partial charge on any atom is 0.407 e. The van der Waals surface area contributed by atoms with Crippen LogP contribution in [0.4, 0.5) is 4.79 Å². The molecule has 1 unspecified atom stereocenters. The van der Waals surface area contributed by atoms with Crippen molar-refractivity contribution in [2.45, 2.75) is 24.3 Å². The fourth-order valence-electron chi connectivity index (χ4n) is 4.52. The Morgan fingerprint density at radius 3 is 3.04 bits per heavy atom. The van der Waals surface area contributed by atoms with Gasteiger partial charge in [0.15, 0.2) is 0 Å². The van der Waals surface area contributed by atoms with Crippen molar-refractivity contribution in [1.82, 2.24) is 15.1 Å². The molecule has 1 aliphatic carbocycles. The summed E-state index contributed by atoms with van der Waals surface area (Å²) in [4.78, 5) is 18.1. The summed E-state index contributed by atoms with van der Waals surface area (Å²) in [6.07, 6.45) is 11.8. The second-order valence-corrected chi connectivity index (χ2v) is 7.87. The molecule has 6 rings (SSSR count). The lowest BCUT2D eigenvalue weighted by Gasteiger charge is -2.59. The Labute approximate surface area is 153 Å². The Bertz CT molecular complexity index is 907. The molecule has 0 spiro atoms. The van der Waals surface area contributed by atoms with E-state index in [1.165, 1.54) is 11.3 Å². The van der Waals surface area contributed by atoms with Crippen LogP contribution in [0.25, 0.3) is 0 Å². The second-order valence-electron chi connectivity index (χ2n) is 6.98. The first-order chi connectivity index (χ1) is 12.7. The smallest absolute Gasteiger partial charge is 0.407 e. The van der Waals surface area contributed by atoms with Crippen molar-refractivity contribution >= 4 is 22.9 Å². The number of aromatic nitrogens is 2. The molecule has 1 amide bonds. The van der Waals surface area contributed by atoms with Gasteiger partial charge in [-0.3, -0.25) is 4.90 Å². The van der Waals surface area contributed by atoms with Crippen LogP contribution >= 0.6 is 11.8 Å². The van der Waals surface area contributed by atoms with Gasteiger partial charge in [0.2, 0.25) is 12.3 Å². The van der Waals surface area contributed by atoms with Gasteiger partial charge in [0.1, 0.15) is 5.04 Å². The number of rotatable bonds is 2. The summed E-state index contributed by atoms with van der Waals surface area (Å²) in [6.45, 7) is 0.524. The average molecular weight is 368 g/mol. The van der Waals surface area contributed by atoms with Crippen molar-refractivity contribution in [2.24, 2.45) is 10.9 Å². The summed E-state index contributed by atoms with van der Waals surface area (Å²) in [5.74, 6) is 0.851. The van der Waals surface area contributed by atoms with Gasteiger partial charge in [0.05, 0.1) is 11.5 Å². The lowest BCUT2D eigenvalue weighted by molar-refractivity contribution is -0.0446. The van der Waals surface area contributed by atoms with E-state index >= 15 is 0 Å². The largest absolute Gasteiger partial charge is 0.465 e. The molecule has 8 heteroatoms. The number of allylic oxidation sites excluding steroid dienone is 3. The number of carboxylic acid groups (broad SMARTS) is 1. The highest BCUT2D eigenvalue weighted by Crippen LogP contribution is 2.57. The van der Waals surface area contributed by atoms with E-state index in [-0.39, 0.29) is 6.04 Å². The number of fused-ring (bicyclic) bond motifs is 3. The highest BCUT2D eigenvalue weighted by Gasteiger charge is 2.62. The third-order valence-corrected chi connectivity index (χ3v) is 6.37. The Morgan fingerprint density at radius 2 is 2.27 bits per heavy atom. The van der Waals surface area contributed by atoms with Crippen molar-refractivity contribution in [1.29, 1.82) is 0 Å². The average Bonchev–Trinajstić information content (AvgIpc) is 3.08. The summed E-state index contributed by atoms with van der Waals surface area (Å²) in [6, 6.07) is -0.384. The normalized spacial score (nSPS) is 32.0. The van der Waals surface area contributed by atoms with E-state index in [9.17, 15) is 9.90 Å². The summed E-state index contributed by atoms with van der Waals surface area (Å²) in [7, 11) is 0. The third kappa shape index (κ3) is 2.21. The zero-order valence-electron chi connectivity index (χ0n) is 13.8. The molecule has 1 aromatic heterocycles. The fourth-order valence-corrected chi connectivity index (χ4v) is 5.19. The van der Waals surface area contributed by atoms with Gasteiger partial charge in [0, 0.05) is 18.3 Å². The van der Waals surface area contributed by atoms with Gasteiger partial charge in [-0.05, 0) is 29.7 Å². The molecule has 5 aliphatic rings. The van der Waals surface area contributed by atoms with Crippen LogP contribution in [0, 0.1) is 5.92 Å². The number of carbonyl (C=O) groups is 1. The number of nitrogens with zero attached hydrogens (tertiary/aromatic N) is 4. The monoisotopic (exact) mass is 368 g/mol. The lowest BCUT2D eigenvalue weighted by Crippen LogP contribution is -2.67. The van der Waals surface area contributed by atoms with Crippen LogP contribution in [0.1, 0.15) is 18.7 Å². The minimum absolute atomic E-state index is 0.334. The Morgan fingerprint density at radius 1 is 1.38 bits per heavy atom. The molecule has 2 saturated heterocycles. The van der Waals surface area contributed by atoms with Crippen LogP contribution in [-0.4, -0.2) is 43.9 Å². The standard InChI is InChI=1S/C18H16N4O3S/c23-17(24)22-9-11-6-18(7-11,16-21-20-10-25-16)14(22)13-4-3-12-2-1-5-26-15(12)19-8-13/h1-5,8,10-11,14H,6-7,9H2,(H,23,24). The van der Waals surface area contributed by atoms with Gasteiger partial charge in [-0.25, -0.2) is 9.79 Å². The van der Waals surface area contributed by atoms with E-state index in [0.717, 1.165) is 29.0 Å². The van der Waals surface area contributed by atoms with Crippen LogP contribution in [0.3, 0.4) is 0 Å². The first-order valence-corrected chi connectivity index (χ1v) is 9.31. The zero-order valence-corrected chi connectivity index (χ0v) is 14.6. The topological polar surface area (TPSA) is 91.8 Å². The van der Waals surface area contributed by atoms with E-state index in [4.69, 9.17) is 4.42 Å². The van der Waals surface area contributed by atoms with Crippen LogP contribution < -0.4 is 0 Å². The van der Waals surface area contributed by atoms with E-state index in [0.29, 0.717) is 18.4 Å². The van der Waals surface area contributed by atoms with Gasteiger partial charge < -0.3 is 9.52 Å². The van der Waals surface area contributed by atoms with Gasteiger partial charge in [-0.15, -0.1) is 10.2 Å². The predicted octanol–water partition coefficient (Wildman–Crippen LogP) is 3.12. The Balaban J connectivity index is 1.61. The number of amides is 1. The number of thioether (sulfide) groups is 1. The van der Waals surface area contributed by atoms with Crippen LogP contribution in [0.2, 0.25) is 0 Å². The predicted molar refractivity (Wildman–Crippen MR) is 96.7 cm³/mol. The van der Waals surface area contributed by atoms with E-state index < -0.39 is 11.5 Å². The molecule has 1 atom stereocenters. The van der Waals surface area contributed by atoms with Crippen LogP contribution in [-0.2, 0) is 5.41 Å². The van der Waals surface area contributed by atoms with Gasteiger partial charge in [-0.2, -0.15) is 0 Å². The molecule has 2 bridgehead atoms. The minimum Gasteiger partial charge on any atom is -0.465 e. The number of hydrogen-bond acceptors (Lipinski definition) is 6. The summed E-state index contributed by atoms with van der Waals surface area (Å²) in [5.41, 5.74) is 1.41. The van der Waals surface area contributed by atoms with Gasteiger partial charge in [0.25, 0.3) is 0 Å². The van der Waals surface area contributed by atoms with Crippen molar-refractivity contribution < 1.29 is 14.3 Å². The lowest BCUT2D eigenvalue weighted by atomic mass is 9.53. The molecule has 3 fully saturated rings. The van der Waals surface area contributed by atoms with Crippen molar-refractivity contribution in [3.8, 4) is 0 Å². The second kappa shape index (κ2) is 5.70. The highest BCUT2D eigenvalue weighted by molar-refractivity contribution is 8.17. The highest BCUT2D eigenvalue weighted by atomic mass is 32.2. The molecule has 0 radical (unpaired) electrons. The first-order valence-electron chi connectivity index (χ1n) is 8.43. The van der Waals surface area contributed by atoms with Gasteiger partial charge in [-0.1, -0.05) is 36.1 Å². The third-order valence-electron chi connectivity index (χ3n) is 5.51. The van der Waals surface area contributed by atoms with E-state index in [1.54, 1.807) is 18.0 Å². The molecular weight excluding hydrogens is 352 g/mol. The van der Waals surface area contributed by atoms with Crippen molar-refractivity contribution in [3.05, 3.63) is 59.3 Å². The first kappa shape index (κ1) is 15.6. The van der Waals surface area contributed by atoms with E-state index in [2.05, 4.69) is 15.2 Å². The maximum absolute atomic E-state index is 12.0. The quantitative estimate of drug-likeness (QED) is 0.862. The fraction of sp³-hybridized carbons (Fsp3) is 0.333. The van der Waals surface area contributed by atoms with Gasteiger partial charge >= 0.3 is 6.09 Å². The van der Waals surface area contributed by atoms with Crippen LogP contribution in [0.15, 0.2) is 62.9 Å². The number of piperidine rings is 2. The minimum atomic E-state index is -0.929. The summed E-state index contributed by atoms with van der Waals surface area (Å²) in [5, 5.41) is 20.7. The number of hydrogen-bond donors (Lipinski definition) is 1. The van der Waals surface area contributed by atoms with Crippen molar-refractivity contribution in [2.75, 3.05) is 6.54 Å². The molecule has 1 aromatic rings. The molecule has 7 nitrogen and oxygen atoms in total.